The van der Waals surface area contributed by atoms with Crippen LogP contribution in [-0.2, 0) is 5.41 Å². The van der Waals surface area contributed by atoms with Gasteiger partial charge in [-0.2, -0.15) is 0 Å². The fourth-order valence-corrected chi connectivity index (χ4v) is 6.71. The van der Waals surface area contributed by atoms with E-state index in [4.69, 9.17) is 9.97 Å². The average Bonchev–Trinajstić information content (AvgIpc) is 3.31. The minimum absolute atomic E-state index is 0.0458. The molecule has 8 rings (SSSR count). The second kappa shape index (κ2) is 9.85. The topological polar surface area (TPSA) is 38.7 Å². The predicted octanol–water partition coefficient (Wildman–Crippen LogP) is 10.00. The highest BCUT2D eigenvalue weighted by atomic mass is 14.9. The standard InChI is InChI=1S/C40H29N3/c1-40(2)34-17-9-8-15-33(34)38-32(16-10-18-35(38)40)30-19-20-31(29-14-7-6-13-28(29)30)37-25-36(26-21-23-41-24-22-26)42-39(43-37)27-11-4-3-5-12-27/h3-25H,1-2H3. The van der Waals surface area contributed by atoms with Crippen molar-refractivity contribution in [2.45, 2.75) is 19.3 Å². The van der Waals surface area contributed by atoms with Crippen molar-refractivity contribution in [2.75, 3.05) is 0 Å². The lowest BCUT2D eigenvalue weighted by molar-refractivity contribution is 0.660. The van der Waals surface area contributed by atoms with Gasteiger partial charge in [0.2, 0.25) is 0 Å². The van der Waals surface area contributed by atoms with Crippen LogP contribution in [-0.4, -0.2) is 15.0 Å². The molecule has 0 saturated carbocycles. The molecule has 1 aliphatic rings. The fraction of sp³-hybridized carbons (Fsp3) is 0.0750. The molecule has 0 amide bonds. The van der Waals surface area contributed by atoms with E-state index in [2.05, 4.69) is 116 Å². The van der Waals surface area contributed by atoms with Gasteiger partial charge in [0.05, 0.1) is 11.4 Å². The van der Waals surface area contributed by atoms with Crippen LogP contribution in [0.2, 0.25) is 0 Å². The Balaban J connectivity index is 1.36. The second-order valence-corrected chi connectivity index (χ2v) is 11.7. The summed E-state index contributed by atoms with van der Waals surface area (Å²) in [5.41, 5.74) is 12.7. The van der Waals surface area contributed by atoms with Crippen molar-refractivity contribution in [2.24, 2.45) is 0 Å². The summed E-state index contributed by atoms with van der Waals surface area (Å²) >= 11 is 0. The first-order valence-corrected chi connectivity index (χ1v) is 14.7. The molecule has 3 nitrogen and oxygen atoms in total. The zero-order valence-electron chi connectivity index (χ0n) is 24.1. The number of pyridine rings is 1. The summed E-state index contributed by atoms with van der Waals surface area (Å²) < 4.78 is 0. The largest absolute Gasteiger partial charge is 0.265 e. The summed E-state index contributed by atoms with van der Waals surface area (Å²) in [6.07, 6.45) is 3.61. The van der Waals surface area contributed by atoms with E-state index in [9.17, 15) is 0 Å². The molecular formula is C40H29N3. The molecule has 0 atom stereocenters. The van der Waals surface area contributed by atoms with E-state index < -0.39 is 0 Å². The van der Waals surface area contributed by atoms with E-state index in [1.54, 1.807) is 12.4 Å². The van der Waals surface area contributed by atoms with Gasteiger partial charge in [-0.1, -0.05) is 123 Å². The Labute approximate surface area is 251 Å². The third-order valence-electron chi connectivity index (χ3n) is 8.83. The van der Waals surface area contributed by atoms with E-state index in [-0.39, 0.29) is 5.41 Å². The van der Waals surface area contributed by atoms with Gasteiger partial charge in [-0.25, -0.2) is 9.97 Å². The van der Waals surface area contributed by atoms with Crippen LogP contribution in [0.25, 0.3) is 66.9 Å². The molecule has 0 unspecified atom stereocenters. The normalized spacial score (nSPS) is 13.1. The van der Waals surface area contributed by atoms with Crippen LogP contribution < -0.4 is 0 Å². The SMILES string of the molecule is CC1(C)c2ccccc2-c2c(-c3ccc(-c4cc(-c5ccncc5)nc(-c5ccccc5)n4)c4ccccc34)cccc21. The molecule has 0 N–H and O–H groups in total. The third kappa shape index (κ3) is 4.08. The summed E-state index contributed by atoms with van der Waals surface area (Å²) in [7, 11) is 0. The van der Waals surface area contributed by atoms with Gasteiger partial charge < -0.3 is 0 Å². The highest BCUT2D eigenvalue weighted by Gasteiger charge is 2.36. The number of fused-ring (bicyclic) bond motifs is 4. The molecule has 0 spiro atoms. The smallest absolute Gasteiger partial charge is 0.160 e. The van der Waals surface area contributed by atoms with Crippen molar-refractivity contribution in [3.8, 4) is 56.2 Å². The van der Waals surface area contributed by atoms with E-state index >= 15 is 0 Å². The minimum Gasteiger partial charge on any atom is -0.265 e. The van der Waals surface area contributed by atoms with Gasteiger partial charge >= 0.3 is 0 Å². The summed E-state index contributed by atoms with van der Waals surface area (Å²) in [5.74, 6) is 0.706. The van der Waals surface area contributed by atoms with Crippen molar-refractivity contribution in [3.63, 3.8) is 0 Å². The van der Waals surface area contributed by atoms with Crippen LogP contribution >= 0.6 is 0 Å². The van der Waals surface area contributed by atoms with Crippen molar-refractivity contribution in [3.05, 3.63) is 151 Å². The van der Waals surface area contributed by atoms with E-state index in [0.29, 0.717) is 5.82 Å². The molecule has 0 saturated heterocycles. The maximum absolute atomic E-state index is 5.13. The molecule has 0 radical (unpaired) electrons. The minimum atomic E-state index is -0.0458. The van der Waals surface area contributed by atoms with Gasteiger partial charge in [0.15, 0.2) is 5.82 Å². The second-order valence-electron chi connectivity index (χ2n) is 11.7. The Morgan fingerprint density at radius 3 is 1.91 bits per heavy atom. The molecule has 1 aliphatic carbocycles. The Hall–Kier alpha value is -5.41. The molecule has 0 bridgehead atoms. The van der Waals surface area contributed by atoms with Crippen LogP contribution in [0.3, 0.4) is 0 Å². The molecular weight excluding hydrogens is 522 g/mol. The number of benzene rings is 5. The van der Waals surface area contributed by atoms with Crippen LogP contribution in [0, 0.1) is 0 Å². The molecule has 0 fully saturated rings. The van der Waals surface area contributed by atoms with Crippen molar-refractivity contribution >= 4 is 10.8 Å². The summed E-state index contributed by atoms with van der Waals surface area (Å²) in [4.78, 5) is 14.3. The van der Waals surface area contributed by atoms with Gasteiger partial charge in [-0.3, -0.25) is 4.98 Å². The summed E-state index contributed by atoms with van der Waals surface area (Å²) in [6.45, 7) is 4.67. The number of aromatic nitrogens is 3. The first-order valence-electron chi connectivity index (χ1n) is 14.7. The Morgan fingerprint density at radius 2 is 1.09 bits per heavy atom. The predicted molar refractivity (Wildman–Crippen MR) is 177 cm³/mol. The van der Waals surface area contributed by atoms with Gasteiger partial charge in [0.25, 0.3) is 0 Å². The zero-order valence-corrected chi connectivity index (χ0v) is 24.1. The van der Waals surface area contributed by atoms with E-state index in [0.717, 1.165) is 28.1 Å². The molecule has 204 valence electrons. The molecule has 0 aliphatic heterocycles. The molecule has 3 heteroatoms. The number of rotatable bonds is 4. The molecule has 2 heterocycles. The van der Waals surface area contributed by atoms with Gasteiger partial charge in [0, 0.05) is 34.5 Å². The number of hydrogen-bond donors (Lipinski definition) is 0. The monoisotopic (exact) mass is 551 g/mol. The van der Waals surface area contributed by atoms with Gasteiger partial charge in [0.1, 0.15) is 0 Å². The molecule has 5 aromatic carbocycles. The first kappa shape index (κ1) is 25.3. The highest BCUT2D eigenvalue weighted by molar-refractivity contribution is 6.07. The maximum Gasteiger partial charge on any atom is 0.160 e. The van der Waals surface area contributed by atoms with Crippen LogP contribution in [0.5, 0.6) is 0 Å². The highest BCUT2D eigenvalue weighted by Crippen LogP contribution is 2.52. The quantitative estimate of drug-likeness (QED) is 0.218. The van der Waals surface area contributed by atoms with Gasteiger partial charge in [-0.15, -0.1) is 0 Å². The summed E-state index contributed by atoms with van der Waals surface area (Å²) in [6, 6.07) is 45.1. The maximum atomic E-state index is 5.13. The lowest BCUT2D eigenvalue weighted by atomic mass is 9.81. The Kier molecular flexibility index (Phi) is 5.80. The van der Waals surface area contributed by atoms with Crippen LogP contribution in [0.4, 0.5) is 0 Å². The van der Waals surface area contributed by atoms with E-state index in [1.165, 1.54) is 44.2 Å². The molecule has 43 heavy (non-hydrogen) atoms. The van der Waals surface area contributed by atoms with Crippen molar-refractivity contribution in [1.82, 2.24) is 15.0 Å². The van der Waals surface area contributed by atoms with Gasteiger partial charge in [-0.05, 0) is 62.4 Å². The first-order chi connectivity index (χ1) is 21.1. The number of nitrogens with zero attached hydrogens (tertiary/aromatic N) is 3. The Morgan fingerprint density at radius 1 is 0.465 bits per heavy atom. The van der Waals surface area contributed by atoms with Crippen LogP contribution in [0.15, 0.2) is 140 Å². The summed E-state index contributed by atoms with van der Waals surface area (Å²) in [5, 5.41) is 2.38. The Bertz CT molecular complexity index is 2090. The lowest BCUT2D eigenvalue weighted by Crippen LogP contribution is -2.14. The van der Waals surface area contributed by atoms with Crippen LogP contribution in [0.1, 0.15) is 25.0 Å². The lowest BCUT2D eigenvalue weighted by Gasteiger charge is -2.22. The molecule has 7 aromatic rings. The zero-order chi connectivity index (χ0) is 29.0. The number of hydrogen-bond acceptors (Lipinski definition) is 3. The van der Waals surface area contributed by atoms with Crippen molar-refractivity contribution < 1.29 is 0 Å². The third-order valence-corrected chi connectivity index (χ3v) is 8.83. The fourth-order valence-electron chi connectivity index (χ4n) is 6.71. The molecule has 2 aromatic heterocycles. The average molecular weight is 552 g/mol. The van der Waals surface area contributed by atoms with E-state index in [1.807, 2.05) is 30.3 Å². The van der Waals surface area contributed by atoms with Crippen molar-refractivity contribution in [1.29, 1.82) is 0 Å².